The van der Waals surface area contributed by atoms with Crippen LogP contribution < -0.4 is 4.74 Å². The molecule has 0 spiro atoms. The van der Waals surface area contributed by atoms with Crippen LogP contribution in [0, 0.1) is 0 Å². The summed E-state index contributed by atoms with van der Waals surface area (Å²) in [5, 5.41) is 39.6. The van der Waals surface area contributed by atoms with E-state index in [1.807, 2.05) is 0 Å². The van der Waals surface area contributed by atoms with Crippen LogP contribution in [0.5, 0.6) is 28.7 Å². The van der Waals surface area contributed by atoms with Crippen molar-refractivity contribution in [3.63, 3.8) is 0 Å². The molecular formula is C16H12O8. The second kappa shape index (κ2) is 5.43. The minimum absolute atomic E-state index is 0.179. The van der Waals surface area contributed by atoms with Gasteiger partial charge >= 0.3 is 0 Å². The van der Waals surface area contributed by atoms with Crippen LogP contribution in [0.2, 0.25) is 0 Å². The highest BCUT2D eigenvalue weighted by atomic mass is 16.7. The van der Waals surface area contributed by atoms with E-state index in [4.69, 9.17) is 4.74 Å². The van der Waals surface area contributed by atoms with Gasteiger partial charge in [0.2, 0.25) is 5.75 Å². The number of carbonyl (C=O) groups is 2. The minimum atomic E-state index is -0.822. The molecule has 8 heteroatoms. The Hall–Kier alpha value is -3.26. The normalized spacial score (nSPS) is 12.7. The van der Waals surface area contributed by atoms with Gasteiger partial charge < -0.3 is 29.9 Å². The number of methoxy groups -OCH3 is 1. The fourth-order valence-electron chi connectivity index (χ4n) is 2.57. The molecule has 0 radical (unpaired) electrons. The second-order valence-electron chi connectivity index (χ2n) is 5.06. The Morgan fingerprint density at radius 2 is 1.50 bits per heavy atom. The van der Waals surface area contributed by atoms with Crippen molar-refractivity contribution in [1.29, 1.82) is 0 Å². The van der Waals surface area contributed by atoms with Crippen LogP contribution in [-0.4, -0.2) is 45.9 Å². The van der Waals surface area contributed by atoms with Gasteiger partial charge in [0.25, 0.3) is 0 Å². The SMILES string of the molecule is COCOc1c(O)cc2c(c1O)C(=O)c1ccc(O)c(O)c1C2=O. The molecule has 1 aliphatic rings. The van der Waals surface area contributed by atoms with Gasteiger partial charge in [-0.05, 0) is 18.2 Å². The van der Waals surface area contributed by atoms with E-state index in [-0.39, 0.29) is 23.5 Å². The molecule has 0 saturated heterocycles. The zero-order valence-corrected chi connectivity index (χ0v) is 12.4. The number of carbonyl (C=O) groups excluding carboxylic acids is 2. The minimum Gasteiger partial charge on any atom is -0.504 e. The predicted molar refractivity (Wildman–Crippen MR) is 78.9 cm³/mol. The number of benzene rings is 2. The van der Waals surface area contributed by atoms with E-state index in [0.717, 1.165) is 18.2 Å². The van der Waals surface area contributed by atoms with Crippen LogP contribution in [0.1, 0.15) is 31.8 Å². The monoisotopic (exact) mass is 332 g/mol. The first-order valence-corrected chi connectivity index (χ1v) is 6.73. The maximum atomic E-state index is 12.6. The number of hydrogen-bond acceptors (Lipinski definition) is 8. The standard InChI is InChI=1S/C16H12O8/c1-23-5-24-16-9(18)4-7-11(15(16)22)12(19)6-2-3-8(17)14(21)10(6)13(7)20/h2-4,17-18,21-22H,5H2,1H3. The highest BCUT2D eigenvalue weighted by Crippen LogP contribution is 2.46. The summed E-state index contributed by atoms with van der Waals surface area (Å²) in [4.78, 5) is 25.1. The van der Waals surface area contributed by atoms with Gasteiger partial charge in [0.15, 0.2) is 41.4 Å². The summed E-state index contributed by atoms with van der Waals surface area (Å²) in [5.41, 5.74) is -1.24. The Labute approximate surface area is 135 Å². The first-order chi connectivity index (χ1) is 11.4. The molecule has 0 unspecified atom stereocenters. The maximum Gasteiger partial charge on any atom is 0.206 e. The fourth-order valence-corrected chi connectivity index (χ4v) is 2.57. The van der Waals surface area contributed by atoms with E-state index < -0.39 is 45.9 Å². The number of aromatic hydroxyl groups is 4. The summed E-state index contributed by atoms with van der Waals surface area (Å²) in [6, 6.07) is 3.17. The first kappa shape index (κ1) is 15.6. The molecule has 0 heterocycles. The van der Waals surface area contributed by atoms with Gasteiger partial charge in [-0.3, -0.25) is 9.59 Å². The van der Waals surface area contributed by atoms with Gasteiger partial charge in [0, 0.05) is 18.2 Å². The molecule has 3 rings (SSSR count). The zero-order valence-electron chi connectivity index (χ0n) is 12.4. The van der Waals surface area contributed by atoms with Gasteiger partial charge in [0.05, 0.1) is 11.1 Å². The van der Waals surface area contributed by atoms with E-state index in [1.54, 1.807) is 0 Å². The lowest BCUT2D eigenvalue weighted by Gasteiger charge is -2.21. The van der Waals surface area contributed by atoms with Crippen molar-refractivity contribution < 1.29 is 39.5 Å². The van der Waals surface area contributed by atoms with E-state index in [9.17, 15) is 30.0 Å². The average molecular weight is 332 g/mol. The number of phenolic OH excluding ortho intramolecular Hbond substituents is 4. The Morgan fingerprint density at radius 1 is 0.875 bits per heavy atom. The van der Waals surface area contributed by atoms with E-state index >= 15 is 0 Å². The quantitative estimate of drug-likeness (QED) is 0.416. The lowest BCUT2D eigenvalue weighted by Crippen LogP contribution is -2.21. The summed E-state index contributed by atoms with van der Waals surface area (Å²) in [6.07, 6.45) is 0. The van der Waals surface area contributed by atoms with Crippen molar-refractivity contribution in [2.24, 2.45) is 0 Å². The molecular weight excluding hydrogens is 320 g/mol. The fraction of sp³-hybridized carbons (Fsp3) is 0.125. The summed E-state index contributed by atoms with van der Waals surface area (Å²) in [6.45, 7) is -0.298. The number of ketones is 2. The zero-order chi connectivity index (χ0) is 17.6. The summed E-state index contributed by atoms with van der Waals surface area (Å²) in [7, 11) is 1.33. The topological polar surface area (TPSA) is 134 Å². The van der Waals surface area contributed by atoms with Crippen molar-refractivity contribution in [2.45, 2.75) is 0 Å². The Bertz CT molecular complexity index is 884. The number of fused-ring (bicyclic) bond motifs is 2. The van der Waals surface area contributed by atoms with Gasteiger partial charge in [-0.15, -0.1) is 0 Å². The molecule has 124 valence electrons. The van der Waals surface area contributed by atoms with Crippen LogP contribution >= 0.6 is 0 Å². The average Bonchev–Trinajstić information content (AvgIpc) is 2.54. The largest absolute Gasteiger partial charge is 0.504 e. The molecule has 0 bridgehead atoms. The third-order valence-electron chi connectivity index (χ3n) is 3.66. The summed E-state index contributed by atoms with van der Waals surface area (Å²) < 4.78 is 9.70. The molecule has 0 aliphatic heterocycles. The molecule has 0 amide bonds. The van der Waals surface area contributed by atoms with E-state index in [1.165, 1.54) is 7.11 Å². The molecule has 0 atom stereocenters. The van der Waals surface area contributed by atoms with Crippen molar-refractivity contribution in [2.75, 3.05) is 13.9 Å². The molecule has 24 heavy (non-hydrogen) atoms. The highest BCUT2D eigenvalue weighted by Gasteiger charge is 2.37. The summed E-state index contributed by atoms with van der Waals surface area (Å²) >= 11 is 0. The molecule has 0 saturated carbocycles. The Balaban J connectivity index is 2.26. The third kappa shape index (κ3) is 2.04. The van der Waals surface area contributed by atoms with Crippen LogP contribution in [0.15, 0.2) is 18.2 Å². The number of hydrogen-bond donors (Lipinski definition) is 4. The smallest absolute Gasteiger partial charge is 0.206 e. The highest BCUT2D eigenvalue weighted by molar-refractivity contribution is 6.30. The van der Waals surface area contributed by atoms with Gasteiger partial charge in [-0.1, -0.05) is 0 Å². The predicted octanol–water partition coefficient (Wildman–Crippen LogP) is 1.27. The van der Waals surface area contributed by atoms with Crippen molar-refractivity contribution >= 4 is 11.6 Å². The molecule has 2 aromatic carbocycles. The van der Waals surface area contributed by atoms with Gasteiger partial charge in [-0.25, -0.2) is 0 Å². The van der Waals surface area contributed by atoms with E-state index in [2.05, 4.69) is 4.74 Å². The van der Waals surface area contributed by atoms with Crippen LogP contribution in [-0.2, 0) is 4.74 Å². The molecule has 0 fully saturated rings. The maximum absolute atomic E-state index is 12.6. The van der Waals surface area contributed by atoms with Crippen LogP contribution in [0.3, 0.4) is 0 Å². The van der Waals surface area contributed by atoms with Gasteiger partial charge in [0.1, 0.15) is 0 Å². The lowest BCUT2D eigenvalue weighted by atomic mass is 9.82. The Kier molecular flexibility index (Phi) is 3.53. The van der Waals surface area contributed by atoms with Crippen molar-refractivity contribution in [1.82, 2.24) is 0 Å². The molecule has 4 N–H and O–H groups in total. The van der Waals surface area contributed by atoms with Crippen LogP contribution in [0.25, 0.3) is 0 Å². The second-order valence-corrected chi connectivity index (χ2v) is 5.06. The Morgan fingerprint density at radius 3 is 2.17 bits per heavy atom. The van der Waals surface area contributed by atoms with Crippen LogP contribution in [0.4, 0.5) is 0 Å². The van der Waals surface area contributed by atoms with Gasteiger partial charge in [-0.2, -0.15) is 0 Å². The van der Waals surface area contributed by atoms with E-state index in [0.29, 0.717) is 0 Å². The number of ether oxygens (including phenoxy) is 2. The molecule has 2 aromatic rings. The number of rotatable bonds is 3. The molecule has 0 aromatic heterocycles. The molecule has 8 nitrogen and oxygen atoms in total. The first-order valence-electron chi connectivity index (χ1n) is 6.73. The lowest BCUT2D eigenvalue weighted by molar-refractivity contribution is 0.0470. The molecule has 1 aliphatic carbocycles. The summed E-state index contributed by atoms with van der Waals surface area (Å²) in [5.74, 6) is -4.57. The van der Waals surface area contributed by atoms with Crippen molar-refractivity contribution in [3.8, 4) is 28.7 Å². The number of phenols is 4. The third-order valence-corrected chi connectivity index (χ3v) is 3.66. The van der Waals surface area contributed by atoms with Crippen molar-refractivity contribution in [3.05, 3.63) is 40.5 Å².